The van der Waals surface area contributed by atoms with Crippen LogP contribution in [0.4, 0.5) is 0 Å². The predicted octanol–water partition coefficient (Wildman–Crippen LogP) is 2.71. The highest BCUT2D eigenvalue weighted by Gasteiger charge is 2.48. The van der Waals surface area contributed by atoms with E-state index < -0.39 is 0 Å². The minimum absolute atomic E-state index is 0.00870. The van der Waals surface area contributed by atoms with Gasteiger partial charge in [-0.05, 0) is 24.5 Å². The first-order valence-electron chi connectivity index (χ1n) is 8.09. The topological polar surface area (TPSA) is 49.4 Å². The molecule has 0 spiro atoms. The van der Waals surface area contributed by atoms with Crippen LogP contribution in [0.2, 0.25) is 0 Å². The Morgan fingerprint density at radius 2 is 1.95 bits per heavy atom. The monoisotopic (exact) mass is 316 g/mol. The molecule has 1 saturated heterocycles. The second-order valence-corrected chi connectivity index (χ2v) is 7.46. The maximum absolute atomic E-state index is 12.6. The summed E-state index contributed by atoms with van der Waals surface area (Å²) in [7, 11) is 0. The van der Waals surface area contributed by atoms with Crippen LogP contribution in [0.3, 0.4) is 0 Å². The Hall–Kier alpha value is -1.49. The lowest BCUT2D eigenvalue weighted by Gasteiger charge is -2.27. The lowest BCUT2D eigenvalue weighted by atomic mass is 9.95. The van der Waals surface area contributed by atoms with Gasteiger partial charge >= 0.3 is 0 Å². The van der Waals surface area contributed by atoms with Crippen molar-refractivity contribution >= 4 is 23.6 Å². The summed E-state index contributed by atoms with van der Waals surface area (Å²) in [6, 6.07) is 7.70. The van der Waals surface area contributed by atoms with Crippen LogP contribution in [-0.4, -0.2) is 34.6 Å². The molecule has 0 radical (unpaired) electrons. The minimum atomic E-state index is -0.322. The van der Waals surface area contributed by atoms with E-state index >= 15 is 0 Å². The van der Waals surface area contributed by atoms with Crippen LogP contribution in [0.1, 0.15) is 53.4 Å². The molecular weight excluding hydrogens is 296 g/mol. The molecule has 1 N–H and O–H groups in total. The molecule has 116 valence electrons. The highest BCUT2D eigenvalue weighted by molar-refractivity contribution is 7.99. The van der Waals surface area contributed by atoms with E-state index in [1.54, 1.807) is 16.7 Å². The Labute approximate surface area is 134 Å². The van der Waals surface area contributed by atoms with Crippen LogP contribution >= 0.6 is 11.8 Å². The third-order valence-electron chi connectivity index (χ3n) is 4.95. The largest absolute Gasteiger partial charge is 0.352 e. The summed E-state index contributed by atoms with van der Waals surface area (Å²) in [4.78, 5) is 27.0. The van der Waals surface area contributed by atoms with Crippen molar-refractivity contribution in [1.82, 2.24) is 10.2 Å². The van der Waals surface area contributed by atoms with Gasteiger partial charge < -0.3 is 10.2 Å². The van der Waals surface area contributed by atoms with Gasteiger partial charge in [-0.25, -0.2) is 0 Å². The van der Waals surface area contributed by atoms with E-state index in [-0.39, 0.29) is 23.2 Å². The molecule has 2 atom stereocenters. The zero-order valence-electron chi connectivity index (χ0n) is 12.5. The highest BCUT2D eigenvalue weighted by Crippen LogP contribution is 2.48. The number of benzene rings is 1. The van der Waals surface area contributed by atoms with Crippen molar-refractivity contribution in [3.63, 3.8) is 0 Å². The quantitative estimate of drug-likeness (QED) is 0.912. The Morgan fingerprint density at radius 1 is 1.18 bits per heavy atom. The number of nitrogens with one attached hydrogen (secondary N) is 1. The molecule has 1 aromatic carbocycles. The molecule has 5 heteroatoms. The maximum Gasteiger partial charge on any atom is 0.256 e. The van der Waals surface area contributed by atoms with Gasteiger partial charge in [0, 0.05) is 17.4 Å². The predicted molar refractivity (Wildman–Crippen MR) is 86.6 cm³/mol. The molecule has 1 saturated carbocycles. The van der Waals surface area contributed by atoms with Crippen LogP contribution in [0.15, 0.2) is 24.3 Å². The van der Waals surface area contributed by atoms with Crippen molar-refractivity contribution < 1.29 is 9.59 Å². The Morgan fingerprint density at radius 3 is 2.77 bits per heavy atom. The van der Waals surface area contributed by atoms with E-state index in [0.29, 0.717) is 11.8 Å². The van der Waals surface area contributed by atoms with Gasteiger partial charge in [0.05, 0.1) is 0 Å². The van der Waals surface area contributed by atoms with E-state index in [1.807, 2.05) is 24.3 Å². The second kappa shape index (κ2) is 5.61. The van der Waals surface area contributed by atoms with Crippen LogP contribution in [0, 0.1) is 0 Å². The first-order chi connectivity index (χ1) is 10.8. The molecule has 0 bridgehead atoms. The molecule has 1 aliphatic carbocycles. The van der Waals surface area contributed by atoms with E-state index in [9.17, 15) is 9.59 Å². The number of hydrogen-bond donors (Lipinski definition) is 1. The Kier molecular flexibility index (Phi) is 3.60. The molecular formula is C17H20N2O2S. The standard InChI is InChI=1S/C17H20N2O2S/c20-15(18-11-6-2-1-3-7-11)14-10-22-17-13-9-5-4-8-12(13)16(21)19(14)17/h4-5,8-9,11,14,17H,1-3,6-7,10H2,(H,18,20)/t14-,17-/m0/s1. The molecule has 4 nitrogen and oxygen atoms in total. The van der Waals surface area contributed by atoms with Crippen molar-refractivity contribution in [2.75, 3.05) is 5.75 Å². The summed E-state index contributed by atoms with van der Waals surface area (Å²) in [6.07, 6.45) is 5.81. The molecule has 22 heavy (non-hydrogen) atoms. The number of amides is 2. The van der Waals surface area contributed by atoms with Gasteiger partial charge in [-0.2, -0.15) is 0 Å². The second-order valence-electron chi connectivity index (χ2n) is 6.34. The molecule has 0 unspecified atom stereocenters. The lowest BCUT2D eigenvalue weighted by molar-refractivity contribution is -0.125. The van der Waals surface area contributed by atoms with Crippen molar-refractivity contribution in [2.24, 2.45) is 0 Å². The minimum Gasteiger partial charge on any atom is -0.352 e. The molecule has 4 rings (SSSR count). The van der Waals surface area contributed by atoms with Crippen LogP contribution < -0.4 is 5.32 Å². The average molecular weight is 316 g/mol. The van der Waals surface area contributed by atoms with Crippen LogP contribution in [-0.2, 0) is 4.79 Å². The molecule has 2 amide bonds. The van der Waals surface area contributed by atoms with Gasteiger partial charge in [0.15, 0.2) is 0 Å². The number of thioether (sulfide) groups is 1. The van der Waals surface area contributed by atoms with Gasteiger partial charge in [-0.15, -0.1) is 11.8 Å². The molecule has 2 aliphatic heterocycles. The number of nitrogens with zero attached hydrogens (tertiary/aromatic N) is 1. The fraction of sp³-hybridized carbons (Fsp3) is 0.529. The third-order valence-corrected chi connectivity index (χ3v) is 6.25. The smallest absolute Gasteiger partial charge is 0.256 e. The maximum atomic E-state index is 12.6. The van der Waals surface area contributed by atoms with Gasteiger partial charge in [0.25, 0.3) is 5.91 Å². The average Bonchev–Trinajstić information content (AvgIpc) is 3.10. The van der Waals surface area contributed by atoms with E-state index in [4.69, 9.17) is 0 Å². The van der Waals surface area contributed by atoms with Gasteiger partial charge in [0.1, 0.15) is 11.4 Å². The Bertz CT molecular complexity index is 612. The fourth-order valence-corrected chi connectivity index (χ4v) is 5.25. The van der Waals surface area contributed by atoms with E-state index in [2.05, 4.69) is 5.32 Å². The zero-order valence-corrected chi connectivity index (χ0v) is 13.3. The Balaban J connectivity index is 1.51. The molecule has 2 fully saturated rings. The zero-order chi connectivity index (χ0) is 15.1. The SMILES string of the molecule is O=C(NC1CCCCC1)[C@@H]1CS[C@H]2c3ccccc3C(=O)N12. The van der Waals surface area contributed by atoms with E-state index in [1.165, 1.54) is 19.3 Å². The van der Waals surface area contributed by atoms with Crippen LogP contribution in [0.25, 0.3) is 0 Å². The molecule has 1 aromatic rings. The molecule has 2 heterocycles. The summed E-state index contributed by atoms with van der Waals surface area (Å²) in [5, 5.41) is 3.19. The van der Waals surface area contributed by atoms with Gasteiger partial charge in [-0.3, -0.25) is 9.59 Å². The molecule has 3 aliphatic rings. The van der Waals surface area contributed by atoms with Crippen molar-refractivity contribution in [1.29, 1.82) is 0 Å². The summed E-state index contributed by atoms with van der Waals surface area (Å²) in [5.41, 5.74) is 1.82. The summed E-state index contributed by atoms with van der Waals surface area (Å²) < 4.78 is 0. The number of carbonyl (C=O) groups is 2. The fourth-order valence-electron chi connectivity index (χ4n) is 3.79. The number of rotatable bonds is 2. The highest BCUT2D eigenvalue weighted by atomic mass is 32.2. The van der Waals surface area contributed by atoms with Crippen molar-refractivity contribution in [2.45, 2.75) is 49.6 Å². The van der Waals surface area contributed by atoms with Crippen molar-refractivity contribution in [3.05, 3.63) is 35.4 Å². The summed E-state index contributed by atoms with van der Waals surface area (Å²) >= 11 is 1.70. The molecule has 0 aromatic heterocycles. The van der Waals surface area contributed by atoms with Crippen LogP contribution in [0.5, 0.6) is 0 Å². The first kappa shape index (κ1) is 14.1. The van der Waals surface area contributed by atoms with E-state index in [0.717, 1.165) is 24.0 Å². The first-order valence-corrected chi connectivity index (χ1v) is 9.14. The summed E-state index contributed by atoms with van der Waals surface area (Å²) in [6.45, 7) is 0. The number of fused-ring (bicyclic) bond motifs is 3. The van der Waals surface area contributed by atoms with Gasteiger partial charge in [-0.1, -0.05) is 37.5 Å². The summed E-state index contributed by atoms with van der Waals surface area (Å²) in [5.74, 6) is 0.737. The number of carbonyl (C=O) groups excluding carboxylic acids is 2. The number of hydrogen-bond acceptors (Lipinski definition) is 3. The third kappa shape index (κ3) is 2.22. The lowest BCUT2D eigenvalue weighted by Crippen LogP contribution is -2.49. The van der Waals surface area contributed by atoms with Crippen molar-refractivity contribution in [3.8, 4) is 0 Å². The van der Waals surface area contributed by atoms with Gasteiger partial charge in [0.2, 0.25) is 5.91 Å². The normalized spacial score (nSPS) is 27.6.